The number of nitrogens with one attached hydrogen (secondary N) is 2. The van der Waals surface area contributed by atoms with E-state index in [9.17, 15) is 8.96 Å². The van der Waals surface area contributed by atoms with Crippen molar-refractivity contribution in [3.05, 3.63) is 71.9 Å². The smallest absolute Gasteiger partial charge is 0.488 e. The van der Waals surface area contributed by atoms with E-state index in [0.717, 1.165) is 47.3 Å². The molecule has 0 aliphatic rings. The molecule has 0 bridgehead atoms. The molecule has 3 rings (SSSR count). The fourth-order valence-corrected chi connectivity index (χ4v) is 3.93. The molecule has 1 atom stereocenters. The Kier molecular flexibility index (Phi) is 10.7. The van der Waals surface area contributed by atoms with Crippen LogP contribution in [0.3, 0.4) is 0 Å². The first-order valence-corrected chi connectivity index (χ1v) is 12.9. The highest BCUT2D eigenvalue weighted by atomic mass is 31.1. The van der Waals surface area contributed by atoms with Gasteiger partial charge in [0.1, 0.15) is 6.61 Å². The molecular weight excluding hydrogens is 470 g/mol. The van der Waals surface area contributed by atoms with E-state index in [4.69, 9.17) is 14.0 Å². The molecule has 0 radical (unpaired) electrons. The predicted octanol–water partition coefficient (Wildman–Crippen LogP) is 6.06. The lowest BCUT2D eigenvalue weighted by Gasteiger charge is -2.14. The highest BCUT2D eigenvalue weighted by molar-refractivity contribution is 7.32. The van der Waals surface area contributed by atoms with Gasteiger partial charge in [0.05, 0.1) is 18.6 Å². The van der Waals surface area contributed by atoms with E-state index in [1.807, 2.05) is 26.0 Å². The van der Waals surface area contributed by atoms with Crippen molar-refractivity contribution in [3.8, 4) is 16.9 Å². The molecule has 1 unspecified atom stereocenters. The maximum absolute atomic E-state index is 14.2. The summed E-state index contributed by atoms with van der Waals surface area (Å²) in [5.74, 6) is -0.0384. The minimum absolute atomic E-state index is 0.0639. The molecule has 1 aromatic heterocycles. The van der Waals surface area contributed by atoms with Gasteiger partial charge in [-0.25, -0.2) is 4.39 Å². The molecule has 0 spiro atoms. The number of hydrogen-bond acceptors (Lipinski definition) is 6. The average Bonchev–Trinajstić information content (AvgIpc) is 3.35. The van der Waals surface area contributed by atoms with E-state index in [0.29, 0.717) is 19.5 Å². The number of halogens is 1. The Morgan fingerprint density at radius 1 is 1.09 bits per heavy atom. The number of benzene rings is 2. The SMILES string of the molecule is CC(C)Oc1ccc(CCCNc2ccc(CNCCCO[P+](=O)O)cc2-c2ccoc2)cc1F. The van der Waals surface area contributed by atoms with Crippen LogP contribution in [-0.2, 0) is 22.1 Å². The molecule has 0 fully saturated rings. The van der Waals surface area contributed by atoms with Crippen molar-refractivity contribution >= 4 is 13.9 Å². The second kappa shape index (κ2) is 14.0. The van der Waals surface area contributed by atoms with Crippen LogP contribution in [-0.4, -0.2) is 30.7 Å². The summed E-state index contributed by atoms with van der Waals surface area (Å²) < 4.78 is 40.2. The minimum atomic E-state index is -2.54. The molecule has 1 heterocycles. The quantitative estimate of drug-likeness (QED) is 0.171. The molecule has 0 aliphatic carbocycles. The van der Waals surface area contributed by atoms with Gasteiger partial charge in [-0.1, -0.05) is 12.1 Å². The first kappa shape index (κ1) is 26.8. The number of anilines is 1. The second-order valence-electron chi connectivity index (χ2n) is 8.46. The van der Waals surface area contributed by atoms with Gasteiger partial charge in [0.2, 0.25) is 0 Å². The lowest BCUT2D eigenvalue weighted by molar-refractivity contribution is 0.231. The zero-order chi connectivity index (χ0) is 25.0. The van der Waals surface area contributed by atoms with Crippen LogP contribution in [0.15, 0.2) is 59.4 Å². The summed E-state index contributed by atoms with van der Waals surface area (Å²) in [4.78, 5) is 8.65. The van der Waals surface area contributed by atoms with Crippen LogP contribution < -0.4 is 15.4 Å². The van der Waals surface area contributed by atoms with Crippen molar-refractivity contribution < 1.29 is 27.5 Å². The highest BCUT2D eigenvalue weighted by Gasteiger charge is 2.11. The van der Waals surface area contributed by atoms with E-state index in [-0.39, 0.29) is 24.3 Å². The van der Waals surface area contributed by atoms with Crippen molar-refractivity contribution in [1.82, 2.24) is 5.32 Å². The normalized spacial score (nSPS) is 11.6. The Morgan fingerprint density at radius 3 is 2.63 bits per heavy atom. The van der Waals surface area contributed by atoms with Crippen LogP contribution in [0.25, 0.3) is 11.1 Å². The van der Waals surface area contributed by atoms with E-state index in [1.54, 1.807) is 24.7 Å². The van der Waals surface area contributed by atoms with Gasteiger partial charge in [-0.3, -0.25) is 0 Å². The molecule has 0 aliphatic heterocycles. The molecule has 3 aromatic rings. The third kappa shape index (κ3) is 9.07. The molecule has 7 nitrogen and oxygen atoms in total. The van der Waals surface area contributed by atoms with Crippen LogP contribution in [0, 0.1) is 5.82 Å². The number of aryl methyl sites for hydroxylation is 1. The van der Waals surface area contributed by atoms with Gasteiger partial charge in [0.25, 0.3) is 0 Å². The van der Waals surface area contributed by atoms with Gasteiger partial charge in [-0.15, -0.1) is 9.42 Å². The van der Waals surface area contributed by atoms with Gasteiger partial charge < -0.3 is 19.8 Å². The lowest BCUT2D eigenvalue weighted by Crippen LogP contribution is -2.16. The third-order valence-corrected chi connectivity index (χ3v) is 5.66. The zero-order valence-electron chi connectivity index (χ0n) is 20.1. The van der Waals surface area contributed by atoms with Gasteiger partial charge in [0, 0.05) is 34.5 Å². The first-order valence-electron chi connectivity index (χ1n) is 11.8. The molecular formula is C26H33FN2O5P+. The molecule has 2 aromatic carbocycles. The van der Waals surface area contributed by atoms with Gasteiger partial charge in [-0.2, -0.15) is 0 Å². The summed E-state index contributed by atoms with van der Waals surface area (Å²) in [7, 11) is -2.54. The maximum atomic E-state index is 14.2. The maximum Gasteiger partial charge on any atom is 0.694 e. The minimum Gasteiger partial charge on any atom is -0.488 e. The Bertz CT molecular complexity index is 1080. The van der Waals surface area contributed by atoms with Gasteiger partial charge >= 0.3 is 8.25 Å². The van der Waals surface area contributed by atoms with Crippen LogP contribution in [0.1, 0.15) is 37.8 Å². The van der Waals surface area contributed by atoms with Gasteiger partial charge in [-0.05, 0) is 81.1 Å². The Hall–Kier alpha value is -2.77. The van der Waals surface area contributed by atoms with Crippen molar-refractivity contribution in [2.75, 3.05) is 25.0 Å². The summed E-state index contributed by atoms with van der Waals surface area (Å²) in [6.07, 6.45) is 5.55. The predicted molar refractivity (Wildman–Crippen MR) is 135 cm³/mol. The van der Waals surface area contributed by atoms with Gasteiger partial charge in [0.15, 0.2) is 11.6 Å². The van der Waals surface area contributed by atoms with Crippen LogP contribution >= 0.6 is 8.25 Å². The molecule has 9 heteroatoms. The number of rotatable bonds is 15. The average molecular weight is 504 g/mol. The summed E-state index contributed by atoms with van der Waals surface area (Å²) in [6.45, 7) is 6.07. The topological polar surface area (TPSA) is 93.0 Å². The van der Waals surface area contributed by atoms with Crippen molar-refractivity contribution in [3.63, 3.8) is 0 Å². The third-order valence-electron chi connectivity index (χ3n) is 5.26. The first-order chi connectivity index (χ1) is 16.9. The molecule has 0 saturated carbocycles. The molecule has 3 N–H and O–H groups in total. The molecule has 0 amide bonds. The monoisotopic (exact) mass is 503 g/mol. The largest absolute Gasteiger partial charge is 0.694 e. The lowest BCUT2D eigenvalue weighted by atomic mass is 10.0. The van der Waals surface area contributed by atoms with E-state index < -0.39 is 8.25 Å². The van der Waals surface area contributed by atoms with Crippen LogP contribution in [0.2, 0.25) is 0 Å². The Balaban J connectivity index is 1.53. The summed E-state index contributed by atoms with van der Waals surface area (Å²) in [6, 6.07) is 13.3. The Labute approximate surface area is 206 Å². The summed E-state index contributed by atoms with van der Waals surface area (Å²) in [5.41, 5.74) is 5.08. The van der Waals surface area contributed by atoms with E-state index >= 15 is 0 Å². The van der Waals surface area contributed by atoms with Crippen molar-refractivity contribution in [2.45, 2.75) is 45.8 Å². The van der Waals surface area contributed by atoms with Crippen LogP contribution in [0.4, 0.5) is 10.1 Å². The molecule has 0 saturated heterocycles. The second-order valence-corrected chi connectivity index (χ2v) is 9.19. The highest BCUT2D eigenvalue weighted by Crippen LogP contribution is 2.30. The fourth-order valence-electron chi connectivity index (χ4n) is 3.65. The summed E-state index contributed by atoms with van der Waals surface area (Å²) >= 11 is 0. The van der Waals surface area contributed by atoms with Crippen molar-refractivity contribution in [1.29, 1.82) is 0 Å². The number of hydrogen-bond donors (Lipinski definition) is 3. The fraction of sp³-hybridized carbons (Fsp3) is 0.385. The van der Waals surface area contributed by atoms with Crippen LogP contribution in [0.5, 0.6) is 5.75 Å². The van der Waals surface area contributed by atoms with E-state index in [2.05, 4.69) is 33.4 Å². The zero-order valence-corrected chi connectivity index (χ0v) is 21.0. The number of ether oxygens (including phenoxy) is 1. The molecule has 35 heavy (non-hydrogen) atoms. The summed E-state index contributed by atoms with van der Waals surface area (Å²) in [5, 5.41) is 6.81. The number of furan rings is 1. The van der Waals surface area contributed by atoms with Crippen molar-refractivity contribution in [2.24, 2.45) is 0 Å². The Morgan fingerprint density at radius 2 is 1.91 bits per heavy atom. The van der Waals surface area contributed by atoms with E-state index in [1.165, 1.54) is 0 Å². The molecule has 188 valence electrons. The standard InChI is InChI=1S/C26H32FN2O5P/c1-19(2)34-26-9-7-20(16-24(26)27)5-3-12-29-25-8-6-21(15-23(25)22-10-14-32-18-22)17-28-11-4-13-33-35(30)31/h6-10,14-16,18-19,28-29H,3-5,11-13,17H2,1-2H3/p+1.